The Hall–Kier alpha value is -3.64. The van der Waals surface area contributed by atoms with Crippen LogP contribution in [-0.2, 0) is 6.54 Å². The van der Waals surface area contributed by atoms with Crippen molar-refractivity contribution < 1.29 is 9.53 Å². The lowest BCUT2D eigenvalue weighted by molar-refractivity contribution is 0.0730. The number of carbonyl (C=O) groups excluding carboxylic acids is 1. The molecule has 2 aromatic carbocycles. The van der Waals surface area contributed by atoms with Crippen molar-refractivity contribution >= 4 is 17.5 Å². The zero-order chi connectivity index (χ0) is 22.8. The molecule has 1 N–H and O–H groups in total. The summed E-state index contributed by atoms with van der Waals surface area (Å²) in [7, 11) is 0. The summed E-state index contributed by atoms with van der Waals surface area (Å²) in [6.45, 7) is 3.18. The lowest BCUT2D eigenvalue weighted by Crippen LogP contribution is -2.29. The molecule has 4 aromatic rings. The maximum atomic E-state index is 13.5. The van der Waals surface area contributed by atoms with E-state index in [9.17, 15) is 4.79 Å². The minimum absolute atomic E-state index is 0.0853. The van der Waals surface area contributed by atoms with Crippen LogP contribution in [0.1, 0.15) is 46.6 Å². The third-order valence-electron chi connectivity index (χ3n) is 5.73. The molecule has 1 aliphatic rings. The van der Waals surface area contributed by atoms with Crippen LogP contribution in [0.25, 0.3) is 11.3 Å². The third kappa shape index (κ3) is 4.10. The Morgan fingerprint density at radius 2 is 1.88 bits per heavy atom. The molecule has 0 spiro atoms. The lowest BCUT2D eigenvalue weighted by atomic mass is 9.96. The van der Waals surface area contributed by atoms with Crippen molar-refractivity contribution in [3.05, 3.63) is 100 Å². The van der Waals surface area contributed by atoms with Gasteiger partial charge < -0.3 is 9.64 Å². The van der Waals surface area contributed by atoms with E-state index in [0.29, 0.717) is 23.9 Å². The Kier molecular flexibility index (Phi) is 5.84. The second-order valence-corrected chi connectivity index (χ2v) is 8.42. The molecule has 0 aliphatic carbocycles. The number of rotatable bonds is 7. The van der Waals surface area contributed by atoms with Crippen LogP contribution in [0.3, 0.4) is 0 Å². The van der Waals surface area contributed by atoms with Gasteiger partial charge in [-0.3, -0.25) is 14.9 Å². The predicted octanol–water partition coefficient (Wildman–Crippen LogP) is 5.66. The Labute approximate surface area is 197 Å². The van der Waals surface area contributed by atoms with E-state index in [1.54, 1.807) is 12.4 Å². The van der Waals surface area contributed by atoms with E-state index in [4.69, 9.17) is 16.3 Å². The normalized spacial score (nSPS) is 15.0. The third-order valence-corrected chi connectivity index (χ3v) is 5.98. The minimum Gasteiger partial charge on any atom is -0.494 e. The van der Waals surface area contributed by atoms with Gasteiger partial charge in [0, 0.05) is 35.1 Å². The van der Waals surface area contributed by atoms with Crippen LogP contribution in [0.2, 0.25) is 5.02 Å². The number of hydrogen-bond acceptors (Lipinski definition) is 4. The van der Waals surface area contributed by atoms with Crippen LogP contribution in [0.15, 0.2) is 73.1 Å². The number of aromatic amines is 1. The summed E-state index contributed by atoms with van der Waals surface area (Å²) < 4.78 is 5.76. The molecule has 6 nitrogen and oxygen atoms in total. The van der Waals surface area contributed by atoms with Crippen molar-refractivity contribution in [2.24, 2.45) is 0 Å². The van der Waals surface area contributed by atoms with Crippen LogP contribution >= 0.6 is 11.6 Å². The van der Waals surface area contributed by atoms with E-state index in [1.165, 1.54) is 0 Å². The number of ether oxygens (including phenoxy) is 1. The van der Waals surface area contributed by atoms with Gasteiger partial charge in [-0.2, -0.15) is 5.10 Å². The molecular formula is C26H23ClN4O2. The molecule has 1 unspecified atom stereocenters. The number of nitrogens with zero attached hydrogens (tertiary/aromatic N) is 3. The van der Waals surface area contributed by atoms with E-state index < -0.39 is 0 Å². The van der Waals surface area contributed by atoms with Gasteiger partial charge in [0.1, 0.15) is 11.4 Å². The minimum atomic E-state index is -0.294. The largest absolute Gasteiger partial charge is 0.494 e. The molecule has 0 saturated heterocycles. The number of halogens is 1. The number of hydrogen-bond donors (Lipinski definition) is 1. The van der Waals surface area contributed by atoms with Gasteiger partial charge in [0.2, 0.25) is 0 Å². The number of pyridine rings is 1. The standard InChI is InChI=1S/C26H23ClN4O2/c1-2-14-33-21-11-7-19(8-12-21)25-22-23(18-5-9-20(27)10-6-18)29-30-24(22)26(32)31(25)16-17-4-3-13-28-15-17/h3-13,15,25H,2,14,16H2,1H3,(H,29,30). The van der Waals surface area contributed by atoms with Crippen LogP contribution in [0, 0.1) is 0 Å². The van der Waals surface area contributed by atoms with Crippen LogP contribution in [-0.4, -0.2) is 32.6 Å². The summed E-state index contributed by atoms with van der Waals surface area (Å²) in [4.78, 5) is 19.6. The van der Waals surface area contributed by atoms with Gasteiger partial charge in [-0.15, -0.1) is 0 Å². The molecule has 33 heavy (non-hydrogen) atoms. The second kappa shape index (κ2) is 9.08. The highest BCUT2D eigenvalue weighted by Crippen LogP contribution is 2.43. The van der Waals surface area contributed by atoms with Gasteiger partial charge in [0.15, 0.2) is 0 Å². The number of nitrogens with one attached hydrogen (secondary N) is 1. The molecule has 0 radical (unpaired) electrons. The summed E-state index contributed by atoms with van der Waals surface area (Å²) >= 11 is 6.09. The highest BCUT2D eigenvalue weighted by Gasteiger charge is 2.42. The Morgan fingerprint density at radius 3 is 2.58 bits per heavy atom. The highest BCUT2D eigenvalue weighted by atomic mass is 35.5. The number of benzene rings is 2. The van der Waals surface area contributed by atoms with Crippen LogP contribution in [0.4, 0.5) is 0 Å². The average molecular weight is 459 g/mol. The van der Waals surface area contributed by atoms with Gasteiger partial charge in [0.25, 0.3) is 5.91 Å². The van der Waals surface area contributed by atoms with Crippen molar-refractivity contribution in [2.75, 3.05) is 6.61 Å². The van der Waals surface area contributed by atoms with Crippen molar-refractivity contribution in [1.82, 2.24) is 20.1 Å². The average Bonchev–Trinajstić information content (AvgIpc) is 3.39. The first kappa shape index (κ1) is 21.2. The molecule has 166 valence electrons. The molecule has 0 saturated carbocycles. The van der Waals surface area contributed by atoms with Crippen molar-refractivity contribution in [1.29, 1.82) is 0 Å². The van der Waals surface area contributed by atoms with Gasteiger partial charge >= 0.3 is 0 Å². The summed E-state index contributed by atoms with van der Waals surface area (Å²) in [5.74, 6) is 0.729. The molecule has 3 heterocycles. The highest BCUT2D eigenvalue weighted by molar-refractivity contribution is 6.30. The van der Waals surface area contributed by atoms with Crippen LogP contribution < -0.4 is 4.74 Å². The zero-order valence-corrected chi connectivity index (χ0v) is 18.9. The molecule has 5 rings (SSSR count). The van der Waals surface area contributed by atoms with Gasteiger partial charge in [0.05, 0.1) is 18.3 Å². The van der Waals surface area contributed by atoms with E-state index in [2.05, 4.69) is 22.1 Å². The Balaban J connectivity index is 1.58. The van der Waals surface area contributed by atoms with Gasteiger partial charge in [-0.1, -0.05) is 48.9 Å². The molecule has 7 heteroatoms. The molecule has 1 atom stereocenters. The number of aromatic nitrogens is 3. The van der Waals surface area contributed by atoms with Crippen molar-refractivity contribution in [2.45, 2.75) is 25.9 Å². The van der Waals surface area contributed by atoms with Crippen LogP contribution in [0.5, 0.6) is 5.75 Å². The fourth-order valence-corrected chi connectivity index (χ4v) is 4.31. The maximum Gasteiger partial charge on any atom is 0.273 e. The number of carbonyl (C=O) groups is 1. The molecule has 1 aliphatic heterocycles. The monoisotopic (exact) mass is 458 g/mol. The Morgan fingerprint density at radius 1 is 1.09 bits per heavy atom. The molecule has 0 bridgehead atoms. The van der Waals surface area contributed by atoms with E-state index >= 15 is 0 Å². The number of H-pyrrole nitrogens is 1. The van der Waals surface area contributed by atoms with Crippen molar-refractivity contribution in [3.63, 3.8) is 0 Å². The van der Waals surface area contributed by atoms with Crippen molar-refractivity contribution in [3.8, 4) is 17.0 Å². The second-order valence-electron chi connectivity index (χ2n) is 7.98. The first-order valence-electron chi connectivity index (χ1n) is 10.9. The molecule has 2 aromatic heterocycles. The fourth-order valence-electron chi connectivity index (χ4n) is 4.19. The van der Waals surface area contributed by atoms with Gasteiger partial charge in [-0.25, -0.2) is 0 Å². The summed E-state index contributed by atoms with van der Waals surface area (Å²) in [6.07, 6.45) is 4.46. The number of fused-ring (bicyclic) bond motifs is 1. The molecule has 1 amide bonds. The fraction of sp³-hybridized carbons (Fsp3) is 0.192. The van der Waals surface area contributed by atoms with Gasteiger partial charge in [-0.05, 0) is 47.9 Å². The SMILES string of the molecule is CCCOc1ccc(C2c3c(-c4ccc(Cl)cc4)n[nH]c3C(=O)N2Cc2cccnc2)cc1. The number of amides is 1. The predicted molar refractivity (Wildman–Crippen MR) is 127 cm³/mol. The first-order chi connectivity index (χ1) is 16.2. The maximum absolute atomic E-state index is 13.5. The lowest BCUT2D eigenvalue weighted by Gasteiger charge is -2.26. The topological polar surface area (TPSA) is 71.1 Å². The van der Waals surface area contributed by atoms with E-state index in [-0.39, 0.29) is 11.9 Å². The zero-order valence-electron chi connectivity index (χ0n) is 18.2. The molecule has 0 fully saturated rings. The Bertz CT molecular complexity index is 1250. The summed E-state index contributed by atoms with van der Waals surface area (Å²) in [6, 6.07) is 19.0. The summed E-state index contributed by atoms with van der Waals surface area (Å²) in [5, 5.41) is 8.15. The van der Waals surface area contributed by atoms with E-state index in [0.717, 1.165) is 40.1 Å². The van der Waals surface area contributed by atoms with E-state index in [1.807, 2.05) is 65.6 Å². The molecular weight excluding hydrogens is 436 g/mol. The quantitative estimate of drug-likeness (QED) is 0.388. The smallest absolute Gasteiger partial charge is 0.273 e. The summed E-state index contributed by atoms with van der Waals surface area (Å²) in [5.41, 5.74) is 4.99. The first-order valence-corrected chi connectivity index (χ1v) is 11.3.